The summed E-state index contributed by atoms with van der Waals surface area (Å²) in [6.45, 7) is 2.66. The van der Waals surface area contributed by atoms with Crippen molar-refractivity contribution in [2.45, 2.75) is 19.8 Å². The van der Waals surface area contributed by atoms with Gasteiger partial charge in [0.1, 0.15) is 0 Å². The summed E-state index contributed by atoms with van der Waals surface area (Å²) >= 11 is 0. The van der Waals surface area contributed by atoms with Crippen molar-refractivity contribution in [3.63, 3.8) is 0 Å². The van der Waals surface area contributed by atoms with Crippen LogP contribution >= 0.6 is 0 Å². The molecule has 4 rings (SSSR count). The molecule has 0 aliphatic carbocycles. The molecule has 0 saturated heterocycles. The highest BCUT2D eigenvalue weighted by Crippen LogP contribution is 2.37. The predicted molar refractivity (Wildman–Crippen MR) is 98.2 cm³/mol. The minimum absolute atomic E-state index is 0.120. The summed E-state index contributed by atoms with van der Waals surface area (Å²) in [6, 6.07) is 11.4. The maximum atomic E-state index is 12.6. The fraction of sp³-hybridized carbons (Fsp3) is 0.300. The number of hydrogen-bond acceptors (Lipinski definition) is 5. The summed E-state index contributed by atoms with van der Waals surface area (Å²) in [4.78, 5) is 26.7. The predicted octanol–water partition coefficient (Wildman–Crippen LogP) is 3.01. The van der Waals surface area contributed by atoms with Crippen molar-refractivity contribution in [2.75, 3.05) is 30.1 Å². The number of para-hydroxylation sites is 1. The van der Waals surface area contributed by atoms with E-state index in [0.717, 1.165) is 25.1 Å². The molecular weight excluding hydrogens is 332 g/mol. The van der Waals surface area contributed by atoms with Crippen LogP contribution in [0.4, 0.5) is 11.4 Å². The topological polar surface area (TPSA) is 67.9 Å². The lowest BCUT2D eigenvalue weighted by Crippen LogP contribution is -2.36. The Hall–Kier alpha value is -3.02. The first kappa shape index (κ1) is 16.4. The van der Waals surface area contributed by atoms with Crippen LogP contribution in [-0.4, -0.2) is 31.6 Å². The maximum Gasteiger partial charge on any atom is 0.243 e. The van der Waals surface area contributed by atoms with E-state index in [0.29, 0.717) is 22.7 Å². The Morgan fingerprint density at radius 3 is 2.73 bits per heavy atom. The van der Waals surface area contributed by atoms with Crippen LogP contribution in [0.5, 0.6) is 11.5 Å². The molecule has 2 aromatic carbocycles. The highest BCUT2D eigenvalue weighted by molar-refractivity contribution is 6.05. The molecule has 1 N–H and O–H groups in total. The second kappa shape index (κ2) is 6.71. The highest BCUT2D eigenvalue weighted by atomic mass is 16.7. The van der Waals surface area contributed by atoms with Crippen molar-refractivity contribution in [3.8, 4) is 11.5 Å². The Kier molecular flexibility index (Phi) is 4.24. The first-order valence-corrected chi connectivity index (χ1v) is 8.69. The van der Waals surface area contributed by atoms with Gasteiger partial charge < -0.3 is 19.7 Å². The van der Waals surface area contributed by atoms with Gasteiger partial charge in [-0.2, -0.15) is 0 Å². The molecular formula is C20H20N2O4. The van der Waals surface area contributed by atoms with Crippen molar-refractivity contribution < 1.29 is 19.1 Å². The molecule has 0 fully saturated rings. The zero-order valence-corrected chi connectivity index (χ0v) is 14.6. The number of fused-ring (bicyclic) bond motifs is 2. The second-order valence-corrected chi connectivity index (χ2v) is 6.51. The minimum atomic E-state index is -0.164. The Morgan fingerprint density at radius 1 is 1.15 bits per heavy atom. The Labute approximate surface area is 151 Å². The maximum absolute atomic E-state index is 12.6. The summed E-state index contributed by atoms with van der Waals surface area (Å²) in [5.74, 6) is 0.761. The van der Waals surface area contributed by atoms with Gasteiger partial charge in [-0.25, -0.2) is 0 Å². The number of Topliss-reactive ketones (excluding diaryl/α,β-unsaturated/α-hetero) is 1. The molecule has 1 amide bonds. The summed E-state index contributed by atoms with van der Waals surface area (Å²) in [5.41, 5.74) is 3.24. The number of ketones is 1. The number of hydrogen-bond donors (Lipinski definition) is 1. The van der Waals surface area contributed by atoms with Gasteiger partial charge in [-0.3, -0.25) is 9.59 Å². The van der Waals surface area contributed by atoms with Gasteiger partial charge in [0.25, 0.3) is 0 Å². The number of benzene rings is 2. The van der Waals surface area contributed by atoms with Crippen molar-refractivity contribution in [2.24, 2.45) is 0 Å². The number of nitrogens with one attached hydrogen (secondary N) is 1. The number of amides is 1. The number of aryl methyl sites for hydroxylation is 1. The number of anilines is 2. The Bertz CT molecular complexity index is 878. The Balaban J connectivity index is 1.54. The van der Waals surface area contributed by atoms with Crippen molar-refractivity contribution in [1.29, 1.82) is 0 Å². The molecule has 2 heterocycles. The normalized spacial score (nSPS) is 14.7. The van der Waals surface area contributed by atoms with E-state index in [1.165, 1.54) is 12.5 Å². The van der Waals surface area contributed by atoms with E-state index < -0.39 is 0 Å². The number of carbonyl (C=O) groups excluding carboxylic acids is 2. The molecule has 0 saturated carbocycles. The van der Waals surface area contributed by atoms with Crippen LogP contribution in [0.3, 0.4) is 0 Å². The smallest absolute Gasteiger partial charge is 0.243 e. The van der Waals surface area contributed by atoms with Gasteiger partial charge in [0, 0.05) is 23.9 Å². The third kappa shape index (κ3) is 3.10. The lowest BCUT2D eigenvalue weighted by atomic mass is 10.0. The van der Waals surface area contributed by atoms with Crippen molar-refractivity contribution in [3.05, 3.63) is 47.5 Å². The highest BCUT2D eigenvalue weighted by Gasteiger charge is 2.22. The molecule has 2 aliphatic heterocycles. The first-order chi connectivity index (χ1) is 12.6. The lowest BCUT2D eigenvalue weighted by molar-refractivity contribution is -0.115. The van der Waals surface area contributed by atoms with Gasteiger partial charge in [0.15, 0.2) is 17.3 Å². The van der Waals surface area contributed by atoms with Gasteiger partial charge in [0.2, 0.25) is 12.7 Å². The molecule has 26 heavy (non-hydrogen) atoms. The van der Waals surface area contributed by atoms with E-state index in [4.69, 9.17) is 9.47 Å². The summed E-state index contributed by atoms with van der Waals surface area (Å²) < 4.78 is 10.7. The standard InChI is InChI=1S/C20H20N2O4/c1-13(23)15-9-18-19(26-12-25-18)10-16(15)21-20(24)11-22-8-4-6-14-5-2-3-7-17(14)22/h2-3,5,7,9-10H,4,6,8,11-12H2,1H3,(H,21,24). The van der Waals surface area contributed by atoms with Crippen LogP contribution in [0.25, 0.3) is 0 Å². The Morgan fingerprint density at radius 2 is 1.92 bits per heavy atom. The second-order valence-electron chi connectivity index (χ2n) is 6.51. The number of carbonyl (C=O) groups is 2. The van der Waals surface area contributed by atoms with Crippen molar-refractivity contribution >= 4 is 23.1 Å². The largest absolute Gasteiger partial charge is 0.454 e. The SMILES string of the molecule is CC(=O)c1cc2c(cc1NC(=O)CN1CCCc3ccccc31)OCO2. The van der Waals surface area contributed by atoms with Gasteiger partial charge in [-0.15, -0.1) is 0 Å². The fourth-order valence-electron chi connectivity index (χ4n) is 3.48. The molecule has 0 atom stereocenters. The van der Waals surface area contributed by atoms with E-state index in [-0.39, 0.29) is 25.0 Å². The van der Waals surface area contributed by atoms with Crippen LogP contribution < -0.4 is 19.7 Å². The van der Waals surface area contributed by atoms with Crippen LogP contribution in [0.2, 0.25) is 0 Å². The first-order valence-electron chi connectivity index (χ1n) is 8.69. The number of nitrogens with zero attached hydrogens (tertiary/aromatic N) is 1. The van der Waals surface area contributed by atoms with Gasteiger partial charge in [-0.1, -0.05) is 18.2 Å². The fourth-order valence-corrected chi connectivity index (χ4v) is 3.48. The van der Waals surface area contributed by atoms with Gasteiger partial charge in [0.05, 0.1) is 12.2 Å². The van der Waals surface area contributed by atoms with E-state index in [1.54, 1.807) is 12.1 Å². The third-order valence-electron chi connectivity index (χ3n) is 4.71. The summed E-state index contributed by atoms with van der Waals surface area (Å²) in [5, 5.41) is 2.86. The zero-order chi connectivity index (χ0) is 18.1. The average Bonchev–Trinajstić information content (AvgIpc) is 3.08. The van der Waals surface area contributed by atoms with E-state index in [2.05, 4.69) is 16.3 Å². The molecule has 0 spiro atoms. The lowest BCUT2D eigenvalue weighted by Gasteiger charge is -2.30. The van der Waals surface area contributed by atoms with Crippen LogP contribution in [0.1, 0.15) is 29.3 Å². The molecule has 0 aromatic heterocycles. The third-order valence-corrected chi connectivity index (χ3v) is 4.71. The molecule has 2 aliphatic rings. The quantitative estimate of drug-likeness (QED) is 0.857. The molecule has 2 aromatic rings. The molecule has 6 nitrogen and oxygen atoms in total. The number of ether oxygens (including phenoxy) is 2. The molecule has 0 bridgehead atoms. The van der Waals surface area contributed by atoms with Gasteiger partial charge >= 0.3 is 0 Å². The monoisotopic (exact) mass is 352 g/mol. The summed E-state index contributed by atoms with van der Waals surface area (Å²) in [7, 11) is 0. The average molecular weight is 352 g/mol. The number of rotatable bonds is 4. The molecule has 6 heteroatoms. The van der Waals surface area contributed by atoms with Crippen LogP contribution in [0, 0.1) is 0 Å². The molecule has 134 valence electrons. The van der Waals surface area contributed by atoms with E-state index in [1.807, 2.05) is 18.2 Å². The molecule has 0 radical (unpaired) electrons. The minimum Gasteiger partial charge on any atom is -0.454 e. The van der Waals surface area contributed by atoms with E-state index in [9.17, 15) is 9.59 Å². The molecule has 0 unspecified atom stereocenters. The summed E-state index contributed by atoms with van der Waals surface area (Å²) in [6.07, 6.45) is 2.05. The zero-order valence-electron chi connectivity index (χ0n) is 14.6. The van der Waals surface area contributed by atoms with Crippen molar-refractivity contribution in [1.82, 2.24) is 0 Å². The van der Waals surface area contributed by atoms with Crippen LogP contribution in [-0.2, 0) is 11.2 Å². The van der Waals surface area contributed by atoms with Crippen LogP contribution in [0.15, 0.2) is 36.4 Å². The van der Waals surface area contributed by atoms with E-state index >= 15 is 0 Å². The van der Waals surface area contributed by atoms with Gasteiger partial charge in [-0.05, 0) is 37.5 Å².